The zero-order valence-electron chi connectivity index (χ0n) is 52.9. The fourth-order valence-electron chi connectivity index (χ4n) is 10.2. The summed E-state index contributed by atoms with van der Waals surface area (Å²) >= 11 is 1.60. The largest absolute Gasteiger partial charge is 0.458 e. The van der Waals surface area contributed by atoms with Crippen molar-refractivity contribution in [3.05, 3.63) is 47.9 Å². The molecule has 494 valence electrons. The first-order chi connectivity index (χ1) is 42.1. The maximum atomic E-state index is 14.4. The van der Waals surface area contributed by atoms with Crippen molar-refractivity contribution in [1.29, 1.82) is 0 Å². The minimum Gasteiger partial charge on any atom is -0.458 e. The van der Waals surface area contributed by atoms with E-state index in [9.17, 15) is 67.7 Å². The number of nitrogens with two attached hydrogens (primary N) is 1. The topological polar surface area (TPSA) is 413 Å². The molecule has 1 saturated carbocycles. The van der Waals surface area contributed by atoms with Crippen molar-refractivity contribution >= 4 is 92.4 Å². The average molecular weight is 1270 g/mol. The second kappa shape index (κ2) is 34.4. The first kappa shape index (κ1) is 73.9. The number of carbonyl (C=O) groups is 12. The number of cyclic esters (lactones) is 1. The quantitative estimate of drug-likeness (QED) is 0.0316. The van der Waals surface area contributed by atoms with Crippen LogP contribution in [0.25, 0.3) is 10.1 Å². The van der Waals surface area contributed by atoms with Gasteiger partial charge in [-0.25, -0.2) is 4.79 Å². The monoisotopic (exact) mass is 1270 g/mol. The standard InChI is InChI=1S/C61H94N12O15S/c1-13-30(6)45(68-51(78)39(63-12)23-22-36-29-89-43-21-19-18-20-38(36)43)55(82)66-41(27-74)53(80)65-40(24-25-44(62)76)52(79)69-47(32(8)15-3)57(84)70-46(31(7)14-2)56(83)67-42(28-75)54(81)71-49-35(11)88-59(86)48(33(9)16-4)72-60(87)61(26-37(61)17-5)73-50(77)34(10)64-58(49)85/h17-21,29-35,37,39-42,45-49,63,74-75H,5,13-16,22-28H2,1-4,6-12H3,(H2,62,76)(H,64,85)(H,65,80)(H,66,82)(H,67,83)(H,68,78)(H,69,79)(H,70,84)(H,71,81)(H,72,87)(H,73,77)/t30-,31-,32-,33-,34-,35-,37-,39+,40+,41-,42-,45-,46-,47+,48-,49+,61-/m0/s1. The molecule has 4 rings (SSSR count). The summed E-state index contributed by atoms with van der Waals surface area (Å²) in [6.45, 7) is 18.0. The number of aryl methyl sites for hydroxylation is 1. The van der Waals surface area contributed by atoms with E-state index in [4.69, 9.17) is 10.5 Å². The fraction of sp³-hybridized carbons (Fsp3) is 0.639. The molecule has 11 amide bonds. The normalized spacial score (nSPS) is 23.2. The molecule has 17 atom stereocenters. The number of aliphatic hydroxyl groups is 2. The molecule has 1 saturated heterocycles. The average Bonchev–Trinajstić information content (AvgIpc) is 1.62. The molecule has 1 spiro atoms. The first-order valence-corrected chi connectivity index (χ1v) is 31.5. The van der Waals surface area contributed by atoms with Gasteiger partial charge in [0.05, 0.1) is 19.3 Å². The maximum absolute atomic E-state index is 14.4. The molecule has 0 bridgehead atoms. The van der Waals surface area contributed by atoms with Gasteiger partial charge in [0.1, 0.15) is 66.0 Å². The third kappa shape index (κ3) is 19.7. The van der Waals surface area contributed by atoms with Gasteiger partial charge in [-0.3, -0.25) is 52.7 Å². The van der Waals surface area contributed by atoms with Gasteiger partial charge in [-0.1, -0.05) is 105 Å². The van der Waals surface area contributed by atoms with Crippen LogP contribution in [0, 0.1) is 29.6 Å². The molecule has 0 unspecified atom stereocenters. The molecule has 2 heterocycles. The number of fused-ring (bicyclic) bond motifs is 1. The first-order valence-electron chi connectivity index (χ1n) is 30.6. The summed E-state index contributed by atoms with van der Waals surface area (Å²) in [6, 6.07) is -6.22. The minimum absolute atomic E-state index is 0.176. The van der Waals surface area contributed by atoms with Crippen molar-refractivity contribution in [3.63, 3.8) is 0 Å². The Kier molecular flexibility index (Phi) is 28.6. The van der Waals surface area contributed by atoms with Crippen LogP contribution >= 0.6 is 11.3 Å². The Morgan fingerprint density at radius 1 is 0.697 bits per heavy atom. The number of hydrogen-bond acceptors (Lipinski definition) is 17. The summed E-state index contributed by atoms with van der Waals surface area (Å²) in [5.74, 6) is -13.4. The smallest absolute Gasteiger partial charge is 0.329 e. The lowest BCUT2D eigenvalue weighted by atomic mass is 9.94. The van der Waals surface area contributed by atoms with Gasteiger partial charge in [-0.05, 0) is 92.6 Å². The van der Waals surface area contributed by atoms with Crippen molar-refractivity contribution in [2.45, 2.75) is 199 Å². The Morgan fingerprint density at radius 2 is 1.20 bits per heavy atom. The van der Waals surface area contributed by atoms with Gasteiger partial charge >= 0.3 is 5.97 Å². The number of rotatable bonds is 32. The molecule has 1 aromatic carbocycles. The minimum atomic E-state index is -1.81. The van der Waals surface area contributed by atoms with Crippen LogP contribution in [0.2, 0.25) is 0 Å². The molecular weight excluding hydrogens is 1170 g/mol. The van der Waals surface area contributed by atoms with E-state index in [2.05, 4.69) is 65.1 Å². The van der Waals surface area contributed by atoms with E-state index in [-0.39, 0.29) is 19.3 Å². The summed E-state index contributed by atoms with van der Waals surface area (Å²) in [5, 5.41) is 52.9. The van der Waals surface area contributed by atoms with Crippen molar-refractivity contribution in [2.75, 3.05) is 20.3 Å². The highest BCUT2D eigenvalue weighted by Gasteiger charge is 2.61. The van der Waals surface area contributed by atoms with E-state index in [0.29, 0.717) is 25.7 Å². The van der Waals surface area contributed by atoms with Crippen LogP contribution in [-0.4, -0.2) is 173 Å². The van der Waals surface area contributed by atoms with E-state index in [1.54, 1.807) is 66.9 Å². The lowest BCUT2D eigenvalue weighted by Gasteiger charge is -2.31. The van der Waals surface area contributed by atoms with Crippen molar-refractivity contribution in [3.8, 4) is 0 Å². The Hall–Kier alpha value is -7.56. The highest BCUT2D eigenvalue weighted by molar-refractivity contribution is 7.17. The highest BCUT2D eigenvalue weighted by Crippen LogP contribution is 2.45. The van der Waals surface area contributed by atoms with Gasteiger partial charge in [0.15, 0.2) is 0 Å². The van der Waals surface area contributed by atoms with E-state index >= 15 is 0 Å². The summed E-state index contributed by atoms with van der Waals surface area (Å²) in [6.07, 6.45) is 1.67. The van der Waals surface area contributed by atoms with Crippen LogP contribution in [0.3, 0.4) is 0 Å². The molecule has 27 nitrogen and oxygen atoms in total. The molecule has 2 aromatic rings. The Morgan fingerprint density at radius 3 is 1.71 bits per heavy atom. The van der Waals surface area contributed by atoms with Gasteiger partial charge in [-0.2, -0.15) is 0 Å². The van der Waals surface area contributed by atoms with Crippen molar-refractivity contribution < 1.29 is 72.5 Å². The van der Waals surface area contributed by atoms with Gasteiger partial charge in [0.2, 0.25) is 65.0 Å². The number of hydrogen-bond donors (Lipinski definition) is 14. The number of benzene rings is 1. The summed E-state index contributed by atoms with van der Waals surface area (Å²) in [4.78, 5) is 166. The summed E-state index contributed by atoms with van der Waals surface area (Å²) in [5.41, 5.74) is 5.09. The van der Waals surface area contributed by atoms with E-state index in [0.717, 1.165) is 15.6 Å². The zero-order valence-corrected chi connectivity index (χ0v) is 53.7. The van der Waals surface area contributed by atoms with Crippen LogP contribution in [0.5, 0.6) is 0 Å². The van der Waals surface area contributed by atoms with Crippen LogP contribution < -0.4 is 64.2 Å². The Bertz CT molecular complexity index is 2870. The number of likely N-dealkylation sites (N-methyl/N-ethyl adjacent to an activating group) is 1. The van der Waals surface area contributed by atoms with Crippen LogP contribution in [0.15, 0.2) is 42.3 Å². The lowest BCUT2D eigenvalue weighted by Crippen LogP contribution is -2.63. The van der Waals surface area contributed by atoms with E-state index in [1.807, 2.05) is 36.6 Å². The number of esters is 1. The lowest BCUT2D eigenvalue weighted by molar-refractivity contribution is -0.157. The van der Waals surface area contributed by atoms with Crippen LogP contribution in [-0.2, 0) is 68.7 Å². The van der Waals surface area contributed by atoms with E-state index in [1.165, 1.54) is 19.9 Å². The number of aliphatic hydroxyl groups excluding tert-OH is 2. The molecule has 1 aliphatic heterocycles. The Labute approximate surface area is 523 Å². The summed E-state index contributed by atoms with van der Waals surface area (Å²) in [7, 11) is 1.63. The maximum Gasteiger partial charge on any atom is 0.329 e. The molecule has 2 fully saturated rings. The second-order valence-corrected chi connectivity index (χ2v) is 24.4. The van der Waals surface area contributed by atoms with Crippen molar-refractivity contribution in [1.82, 2.24) is 58.5 Å². The number of thiophene rings is 1. The van der Waals surface area contributed by atoms with Gasteiger partial charge < -0.3 is 79.2 Å². The van der Waals surface area contributed by atoms with Gasteiger partial charge in [0, 0.05) is 17.0 Å². The third-order valence-electron chi connectivity index (χ3n) is 17.2. The molecule has 15 N–H and O–H groups in total. The predicted octanol–water partition coefficient (Wildman–Crippen LogP) is -0.754. The summed E-state index contributed by atoms with van der Waals surface area (Å²) < 4.78 is 6.83. The number of amides is 11. The number of nitrogens with one attached hydrogen (secondary N) is 11. The van der Waals surface area contributed by atoms with Crippen LogP contribution in [0.1, 0.15) is 126 Å². The highest BCUT2D eigenvalue weighted by atomic mass is 32.1. The number of carbonyl (C=O) groups excluding carboxylic acids is 12. The molecule has 1 aliphatic carbocycles. The predicted molar refractivity (Wildman–Crippen MR) is 331 cm³/mol. The van der Waals surface area contributed by atoms with Crippen molar-refractivity contribution in [2.24, 2.45) is 35.3 Å². The van der Waals surface area contributed by atoms with Gasteiger partial charge in [-0.15, -0.1) is 17.9 Å². The fourth-order valence-corrected chi connectivity index (χ4v) is 11.2. The van der Waals surface area contributed by atoms with Crippen LogP contribution in [0.4, 0.5) is 0 Å². The molecular formula is C61H94N12O15S. The molecule has 1 aromatic heterocycles. The zero-order chi connectivity index (χ0) is 66.6. The van der Waals surface area contributed by atoms with Gasteiger partial charge in [0.25, 0.3) is 0 Å². The molecule has 0 radical (unpaired) electrons. The third-order valence-corrected chi connectivity index (χ3v) is 18.2. The second-order valence-electron chi connectivity index (χ2n) is 23.5. The Balaban J connectivity index is 1.50. The number of ether oxygens (including phenoxy) is 1. The van der Waals surface area contributed by atoms with E-state index < -0.39 is 199 Å². The SMILES string of the molecule is C=C[C@H]1C[C@]12NC(=O)[C@H](C)NC(=O)[C@H](NC(=O)[C@H](CO)NC(=O)[C@@H](NC(=O)[C@H](NC(=O)[C@@H](CCC(N)=O)NC(=O)[C@H](CO)NC(=O)[C@@H](NC(=O)[C@@H](CCc1csc3ccccc13)NC)[C@@H](C)CC)[C@@H](C)CC)[C@@H](C)CC)[C@H](C)OC(=O)[C@H]([C@@H](C)CC)NC2=O. The molecule has 2 aliphatic rings. The number of primary amides is 1. The molecule has 28 heteroatoms. The molecule has 89 heavy (non-hydrogen) atoms.